The zero-order valence-electron chi connectivity index (χ0n) is 7.37. The van der Waals surface area contributed by atoms with Crippen LogP contribution in [0.5, 0.6) is 0 Å². The van der Waals surface area contributed by atoms with Crippen molar-refractivity contribution in [2.45, 2.75) is 12.8 Å². The van der Waals surface area contributed by atoms with Crippen molar-refractivity contribution in [3.8, 4) is 0 Å². The Morgan fingerprint density at radius 3 is 2.71 bits per heavy atom. The fourth-order valence-corrected chi connectivity index (χ4v) is 1.85. The molecule has 0 N–H and O–H groups in total. The molecule has 0 atom stereocenters. The largest absolute Gasteiger partial charge is 0.269 e. The smallest absolute Gasteiger partial charge is 0.258 e. The van der Waals surface area contributed by atoms with Crippen LogP contribution in [0, 0.1) is 10.1 Å². The molecule has 1 rings (SSSR count). The second kappa shape index (κ2) is 5.46. The molecule has 0 spiro atoms. The lowest BCUT2D eigenvalue weighted by Gasteiger charge is -2.02. The predicted molar refractivity (Wildman–Crippen MR) is 62.9 cm³/mol. The second-order valence-corrected chi connectivity index (χ2v) is 4.47. The maximum absolute atomic E-state index is 10.5. The third-order valence-corrected chi connectivity index (χ3v) is 3.15. The van der Waals surface area contributed by atoms with E-state index in [2.05, 4.69) is 31.9 Å². The maximum atomic E-state index is 10.5. The van der Waals surface area contributed by atoms with E-state index in [-0.39, 0.29) is 10.6 Å². The zero-order valence-corrected chi connectivity index (χ0v) is 10.5. The number of nitro groups is 1. The lowest BCUT2D eigenvalue weighted by molar-refractivity contribution is -0.384. The second-order valence-electron chi connectivity index (χ2n) is 2.83. The Bertz CT molecular complexity index is 342. The quantitative estimate of drug-likeness (QED) is 0.482. The van der Waals surface area contributed by atoms with Crippen molar-refractivity contribution in [3.63, 3.8) is 0 Å². The number of alkyl halides is 1. The molecule has 0 saturated carbocycles. The molecule has 0 fully saturated rings. The third-order valence-electron chi connectivity index (χ3n) is 1.82. The Kier molecular flexibility index (Phi) is 4.54. The van der Waals surface area contributed by atoms with Gasteiger partial charge in [0.25, 0.3) is 5.69 Å². The lowest BCUT2D eigenvalue weighted by atomic mass is 10.1. The van der Waals surface area contributed by atoms with Crippen molar-refractivity contribution in [1.29, 1.82) is 0 Å². The van der Waals surface area contributed by atoms with Gasteiger partial charge in [0.15, 0.2) is 0 Å². The molecular formula is C9H9Br2NO2. The predicted octanol–water partition coefficient (Wildman–Crippen LogP) is 3.68. The first kappa shape index (κ1) is 11.7. The standard InChI is InChI=1S/C9H9Br2NO2/c10-5-1-2-7-6-8(12(13)14)3-4-9(7)11/h3-4,6H,1-2,5H2. The van der Waals surface area contributed by atoms with Gasteiger partial charge < -0.3 is 0 Å². The molecule has 0 aliphatic heterocycles. The van der Waals surface area contributed by atoms with Crippen molar-refractivity contribution >= 4 is 37.5 Å². The summed E-state index contributed by atoms with van der Waals surface area (Å²) in [5.74, 6) is 0. The highest BCUT2D eigenvalue weighted by Gasteiger charge is 2.08. The summed E-state index contributed by atoms with van der Waals surface area (Å²) in [6, 6.07) is 4.84. The van der Waals surface area contributed by atoms with Crippen molar-refractivity contribution in [3.05, 3.63) is 38.3 Å². The molecule has 3 nitrogen and oxygen atoms in total. The molecule has 0 aliphatic rings. The van der Waals surface area contributed by atoms with Crippen LogP contribution in [-0.2, 0) is 6.42 Å². The van der Waals surface area contributed by atoms with Crippen LogP contribution in [0.15, 0.2) is 22.7 Å². The van der Waals surface area contributed by atoms with Crippen LogP contribution in [0.4, 0.5) is 5.69 Å². The van der Waals surface area contributed by atoms with Crippen LogP contribution in [0.3, 0.4) is 0 Å². The monoisotopic (exact) mass is 321 g/mol. The minimum absolute atomic E-state index is 0.151. The molecule has 76 valence electrons. The van der Waals surface area contributed by atoms with Crippen LogP contribution in [-0.4, -0.2) is 10.3 Å². The molecule has 5 heteroatoms. The summed E-state index contributed by atoms with van der Waals surface area (Å²) in [6.45, 7) is 0. The normalized spacial score (nSPS) is 10.1. The molecule has 0 saturated heterocycles. The molecule has 14 heavy (non-hydrogen) atoms. The van der Waals surface area contributed by atoms with Gasteiger partial charge in [-0.1, -0.05) is 31.9 Å². The molecular weight excluding hydrogens is 314 g/mol. The number of hydrogen-bond acceptors (Lipinski definition) is 2. The van der Waals surface area contributed by atoms with E-state index >= 15 is 0 Å². The Morgan fingerprint density at radius 1 is 1.43 bits per heavy atom. The molecule has 0 bridgehead atoms. The average molecular weight is 323 g/mol. The van der Waals surface area contributed by atoms with Gasteiger partial charge in [0, 0.05) is 21.9 Å². The van der Waals surface area contributed by atoms with E-state index in [9.17, 15) is 10.1 Å². The highest BCUT2D eigenvalue weighted by molar-refractivity contribution is 9.10. The zero-order chi connectivity index (χ0) is 10.6. The maximum Gasteiger partial charge on any atom is 0.269 e. The molecule has 0 radical (unpaired) electrons. The molecule has 0 unspecified atom stereocenters. The van der Waals surface area contributed by atoms with Crippen molar-refractivity contribution in [1.82, 2.24) is 0 Å². The summed E-state index contributed by atoms with van der Waals surface area (Å²) in [4.78, 5) is 10.1. The average Bonchev–Trinajstić information content (AvgIpc) is 2.16. The summed E-state index contributed by atoms with van der Waals surface area (Å²) >= 11 is 6.70. The van der Waals surface area contributed by atoms with E-state index in [1.165, 1.54) is 6.07 Å². The summed E-state index contributed by atoms with van der Waals surface area (Å²) in [5.41, 5.74) is 1.14. The number of non-ortho nitro benzene ring substituents is 1. The molecule has 1 aromatic rings. The summed E-state index contributed by atoms with van der Waals surface area (Å²) in [5, 5.41) is 11.4. The van der Waals surface area contributed by atoms with Gasteiger partial charge >= 0.3 is 0 Å². The van der Waals surface area contributed by atoms with Gasteiger partial charge in [0.2, 0.25) is 0 Å². The SMILES string of the molecule is O=[N+]([O-])c1ccc(Br)c(CCCBr)c1. The van der Waals surface area contributed by atoms with Gasteiger partial charge in [-0.3, -0.25) is 10.1 Å². The first-order valence-electron chi connectivity index (χ1n) is 4.14. The third kappa shape index (κ3) is 3.06. The highest BCUT2D eigenvalue weighted by Crippen LogP contribution is 2.23. The van der Waals surface area contributed by atoms with Crippen LogP contribution in [0.25, 0.3) is 0 Å². The number of benzene rings is 1. The van der Waals surface area contributed by atoms with Gasteiger partial charge in [-0.25, -0.2) is 0 Å². The molecule has 0 heterocycles. The number of hydrogen-bond donors (Lipinski definition) is 0. The lowest BCUT2D eigenvalue weighted by Crippen LogP contribution is -1.92. The van der Waals surface area contributed by atoms with Crippen LogP contribution in [0.1, 0.15) is 12.0 Å². The van der Waals surface area contributed by atoms with Gasteiger partial charge in [0.1, 0.15) is 0 Å². The summed E-state index contributed by atoms with van der Waals surface area (Å²) in [7, 11) is 0. The van der Waals surface area contributed by atoms with E-state index in [1.807, 2.05) is 0 Å². The Balaban J connectivity index is 2.90. The molecule has 0 aromatic heterocycles. The number of halogens is 2. The van der Waals surface area contributed by atoms with Crippen molar-refractivity contribution in [2.24, 2.45) is 0 Å². The van der Waals surface area contributed by atoms with E-state index in [0.29, 0.717) is 0 Å². The topological polar surface area (TPSA) is 43.1 Å². The van der Waals surface area contributed by atoms with E-state index in [4.69, 9.17) is 0 Å². The first-order chi connectivity index (χ1) is 6.65. The minimum Gasteiger partial charge on any atom is -0.258 e. The molecule has 1 aromatic carbocycles. The van der Waals surface area contributed by atoms with Gasteiger partial charge in [0.05, 0.1) is 4.92 Å². The Hall–Kier alpha value is -0.420. The fraction of sp³-hybridized carbons (Fsp3) is 0.333. The van der Waals surface area contributed by atoms with Crippen LogP contribution < -0.4 is 0 Å². The fourth-order valence-electron chi connectivity index (χ4n) is 1.12. The number of nitro benzene ring substituents is 1. The van der Waals surface area contributed by atoms with Gasteiger partial charge in [-0.15, -0.1) is 0 Å². The summed E-state index contributed by atoms with van der Waals surface area (Å²) in [6.07, 6.45) is 1.81. The van der Waals surface area contributed by atoms with Crippen molar-refractivity contribution < 1.29 is 4.92 Å². The summed E-state index contributed by atoms with van der Waals surface area (Å²) < 4.78 is 0.934. The van der Waals surface area contributed by atoms with E-state index < -0.39 is 0 Å². The van der Waals surface area contributed by atoms with Crippen molar-refractivity contribution in [2.75, 3.05) is 5.33 Å². The minimum atomic E-state index is -0.371. The Morgan fingerprint density at radius 2 is 2.14 bits per heavy atom. The first-order valence-corrected chi connectivity index (χ1v) is 6.05. The van der Waals surface area contributed by atoms with E-state index in [0.717, 1.165) is 28.2 Å². The Labute approximate surface area is 98.9 Å². The number of aryl methyl sites for hydroxylation is 1. The van der Waals surface area contributed by atoms with E-state index in [1.54, 1.807) is 12.1 Å². The van der Waals surface area contributed by atoms with Gasteiger partial charge in [-0.05, 0) is 24.5 Å². The number of nitrogens with zero attached hydrogens (tertiary/aromatic N) is 1. The van der Waals surface area contributed by atoms with Crippen LogP contribution in [0.2, 0.25) is 0 Å². The molecule has 0 amide bonds. The highest BCUT2D eigenvalue weighted by atomic mass is 79.9. The van der Waals surface area contributed by atoms with Gasteiger partial charge in [-0.2, -0.15) is 0 Å². The molecule has 0 aliphatic carbocycles. The van der Waals surface area contributed by atoms with Crippen LogP contribution >= 0.6 is 31.9 Å². The number of rotatable bonds is 4.